The minimum atomic E-state index is -0.209. The summed E-state index contributed by atoms with van der Waals surface area (Å²) in [5, 5.41) is 0. The highest BCUT2D eigenvalue weighted by Gasteiger charge is 2.07. The molecule has 0 aliphatic heterocycles. The predicted octanol–water partition coefficient (Wildman–Crippen LogP) is 5.19. The lowest BCUT2D eigenvalue weighted by molar-refractivity contribution is -0.134. The number of ether oxygens (including phenoxy) is 2. The Hall–Kier alpha value is -3.07. The van der Waals surface area contributed by atoms with Crippen LogP contribution in [0.5, 0.6) is 11.5 Å². The molecule has 0 saturated heterocycles. The van der Waals surface area contributed by atoms with E-state index >= 15 is 0 Å². The SMILES string of the molecule is O=C(CCCc1ccccc1OCc1ccccc1)Oc1ccccc1. The zero-order valence-corrected chi connectivity index (χ0v) is 14.6. The Morgan fingerprint density at radius 1 is 0.769 bits per heavy atom. The van der Waals surface area contributed by atoms with Gasteiger partial charge >= 0.3 is 5.97 Å². The number of carbonyl (C=O) groups is 1. The van der Waals surface area contributed by atoms with E-state index in [0.29, 0.717) is 18.8 Å². The summed E-state index contributed by atoms with van der Waals surface area (Å²) in [6.45, 7) is 0.536. The lowest BCUT2D eigenvalue weighted by Crippen LogP contribution is -2.08. The van der Waals surface area contributed by atoms with Gasteiger partial charge in [-0.15, -0.1) is 0 Å². The number of hydrogen-bond donors (Lipinski definition) is 0. The van der Waals surface area contributed by atoms with Crippen LogP contribution in [0.1, 0.15) is 24.0 Å². The van der Waals surface area contributed by atoms with Crippen LogP contribution in [-0.4, -0.2) is 5.97 Å². The fourth-order valence-electron chi connectivity index (χ4n) is 2.68. The largest absolute Gasteiger partial charge is 0.489 e. The van der Waals surface area contributed by atoms with E-state index < -0.39 is 0 Å². The van der Waals surface area contributed by atoms with Crippen LogP contribution in [0, 0.1) is 0 Å². The van der Waals surface area contributed by atoms with Gasteiger partial charge in [0.25, 0.3) is 0 Å². The Kier molecular flexibility index (Phi) is 6.43. The molecular formula is C23H22O3. The van der Waals surface area contributed by atoms with Crippen LogP contribution >= 0.6 is 0 Å². The number of benzene rings is 3. The van der Waals surface area contributed by atoms with Crippen molar-refractivity contribution in [3.05, 3.63) is 96.1 Å². The Morgan fingerprint density at radius 2 is 1.42 bits per heavy atom. The summed E-state index contributed by atoms with van der Waals surface area (Å²) in [6.07, 6.45) is 1.87. The monoisotopic (exact) mass is 346 g/mol. The van der Waals surface area contributed by atoms with Gasteiger partial charge in [-0.3, -0.25) is 4.79 Å². The molecule has 0 unspecified atom stereocenters. The fraction of sp³-hybridized carbons (Fsp3) is 0.174. The minimum Gasteiger partial charge on any atom is -0.489 e. The van der Waals surface area contributed by atoms with E-state index in [4.69, 9.17) is 9.47 Å². The quantitative estimate of drug-likeness (QED) is 0.416. The molecule has 0 fully saturated rings. The van der Waals surface area contributed by atoms with Crippen molar-refractivity contribution in [1.29, 1.82) is 0 Å². The number of para-hydroxylation sites is 2. The molecule has 0 atom stereocenters. The second kappa shape index (κ2) is 9.42. The van der Waals surface area contributed by atoms with Crippen molar-refractivity contribution in [1.82, 2.24) is 0 Å². The predicted molar refractivity (Wildman–Crippen MR) is 102 cm³/mol. The molecule has 3 nitrogen and oxygen atoms in total. The van der Waals surface area contributed by atoms with Crippen LogP contribution in [0.25, 0.3) is 0 Å². The van der Waals surface area contributed by atoms with Crippen molar-refractivity contribution >= 4 is 5.97 Å². The second-order valence-electron chi connectivity index (χ2n) is 6.02. The van der Waals surface area contributed by atoms with Gasteiger partial charge in [0, 0.05) is 6.42 Å². The first-order chi connectivity index (χ1) is 12.8. The third-order valence-electron chi connectivity index (χ3n) is 4.01. The van der Waals surface area contributed by atoms with Gasteiger partial charge in [-0.05, 0) is 42.2 Å². The highest BCUT2D eigenvalue weighted by Crippen LogP contribution is 2.21. The van der Waals surface area contributed by atoms with Gasteiger partial charge in [0.2, 0.25) is 0 Å². The first-order valence-electron chi connectivity index (χ1n) is 8.81. The standard InChI is InChI=1S/C23H22O3/c24-23(26-21-14-5-2-6-15-21)17-9-13-20-12-7-8-16-22(20)25-18-19-10-3-1-4-11-19/h1-8,10-12,14-16H,9,13,17-18H2. The van der Waals surface area contributed by atoms with Crippen molar-refractivity contribution in [3.63, 3.8) is 0 Å². The number of esters is 1. The van der Waals surface area contributed by atoms with Crippen LogP contribution in [0.15, 0.2) is 84.9 Å². The molecule has 0 saturated carbocycles. The maximum atomic E-state index is 11.9. The lowest BCUT2D eigenvalue weighted by atomic mass is 10.1. The van der Waals surface area contributed by atoms with Gasteiger partial charge in [-0.25, -0.2) is 0 Å². The maximum absolute atomic E-state index is 11.9. The van der Waals surface area contributed by atoms with Crippen LogP contribution < -0.4 is 9.47 Å². The summed E-state index contributed by atoms with van der Waals surface area (Å²) in [6, 6.07) is 27.2. The molecule has 0 spiro atoms. The van der Waals surface area contributed by atoms with Crippen LogP contribution in [0.2, 0.25) is 0 Å². The molecule has 3 aromatic carbocycles. The summed E-state index contributed by atoms with van der Waals surface area (Å²) in [4.78, 5) is 11.9. The topological polar surface area (TPSA) is 35.5 Å². The van der Waals surface area contributed by atoms with Crippen molar-refractivity contribution in [2.45, 2.75) is 25.9 Å². The van der Waals surface area contributed by atoms with E-state index in [-0.39, 0.29) is 5.97 Å². The highest BCUT2D eigenvalue weighted by molar-refractivity contribution is 5.72. The number of carbonyl (C=O) groups excluding carboxylic acids is 1. The fourth-order valence-corrected chi connectivity index (χ4v) is 2.68. The summed E-state index contributed by atoms with van der Waals surface area (Å²) in [5.41, 5.74) is 2.24. The molecule has 0 amide bonds. The van der Waals surface area contributed by atoms with Crippen molar-refractivity contribution in [2.24, 2.45) is 0 Å². The Balaban J connectivity index is 1.49. The van der Waals surface area contributed by atoms with E-state index in [2.05, 4.69) is 0 Å². The highest BCUT2D eigenvalue weighted by atomic mass is 16.5. The van der Waals surface area contributed by atoms with Crippen molar-refractivity contribution in [3.8, 4) is 11.5 Å². The molecule has 0 bridgehead atoms. The summed E-state index contributed by atoms with van der Waals surface area (Å²) in [7, 11) is 0. The third-order valence-corrected chi connectivity index (χ3v) is 4.01. The Labute approximate surface area is 154 Å². The number of rotatable bonds is 8. The van der Waals surface area contributed by atoms with E-state index in [0.717, 1.165) is 29.7 Å². The Bertz CT molecular complexity index is 813. The van der Waals surface area contributed by atoms with Gasteiger partial charge in [-0.2, -0.15) is 0 Å². The van der Waals surface area contributed by atoms with E-state index in [1.807, 2.05) is 72.8 Å². The zero-order chi connectivity index (χ0) is 18.0. The minimum absolute atomic E-state index is 0.209. The van der Waals surface area contributed by atoms with Gasteiger partial charge in [0.05, 0.1) is 0 Å². The molecule has 3 heteroatoms. The second-order valence-corrected chi connectivity index (χ2v) is 6.02. The number of hydrogen-bond acceptors (Lipinski definition) is 3. The Morgan fingerprint density at radius 3 is 2.19 bits per heavy atom. The molecule has 0 radical (unpaired) electrons. The smallest absolute Gasteiger partial charge is 0.311 e. The van der Waals surface area contributed by atoms with Gasteiger partial charge < -0.3 is 9.47 Å². The maximum Gasteiger partial charge on any atom is 0.311 e. The molecule has 3 aromatic rings. The molecule has 132 valence electrons. The van der Waals surface area contributed by atoms with Crippen LogP contribution in [0.4, 0.5) is 0 Å². The summed E-state index contributed by atoms with van der Waals surface area (Å²) < 4.78 is 11.3. The van der Waals surface area contributed by atoms with Gasteiger partial charge in [-0.1, -0.05) is 66.7 Å². The average Bonchev–Trinajstić information content (AvgIpc) is 2.69. The molecule has 0 aliphatic carbocycles. The van der Waals surface area contributed by atoms with E-state index in [1.165, 1.54) is 0 Å². The molecule has 3 rings (SSSR count). The summed E-state index contributed by atoms with van der Waals surface area (Å²) in [5.74, 6) is 1.25. The van der Waals surface area contributed by atoms with E-state index in [1.54, 1.807) is 12.1 Å². The van der Waals surface area contributed by atoms with Crippen molar-refractivity contribution in [2.75, 3.05) is 0 Å². The third kappa shape index (κ3) is 5.49. The molecule has 0 aliphatic rings. The molecule has 0 aromatic heterocycles. The number of aryl methyl sites for hydroxylation is 1. The first kappa shape index (κ1) is 17.7. The van der Waals surface area contributed by atoms with Crippen LogP contribution in [0.3, 0.4) is 0 Å². The average molecular weight is 346 g/mol. The lowest BCUT2D eigenvalue weighted by Gasteiger charge is -2.11. The zero-order valence-electron chi connectivity index (χ0n) is 14.6. The molecule has 0 N–H and O–H groups in total. The van der Waals surface area contributed by atoms with Crippen LogP contribution in [-0.2, 0) is 17.8 Å². The molecule has 26 heavy (non-hydrogen) atoms. The molecule has 0 heterocycles. The van der Waals surface area contributed by atoms with Gasteiger partial charge in [0.15, 0.2) is 0 Å². The first-order valence-corrected chi connectivity index (χ1v) is 8.81. The van der Waals surface area contributed by atoms with Crippen molar-refractivity contribution < 1.29 is 14.3 Å². The molecular weight excluding hydrogens is 324 g/mol. The van der Waals surface area contributed by atoms with E-state index in [9.17, 15) is 4.79 Å². The summed E-state index contributed by atoms with van der Waals surface area (Å²) >= 11 is 0. The van der Waals surface area contributed by atoms with Gasteiger partial charge in [0.1, 0.15) is 18.1 Å². The normalized spacial score (nSPS) is 10.3.